The van der Waals surface area contributed by atoms with Crippen molar-refractivity contribution in [1.29, 1.82) is 0 Å². The normalized spacial score (nSPS) is 23.2. The molecule has 1 aromatic rings. The van der Waals surface area contributed by atoms with Crippen LogP contribution in [-0.4, -0.2) is 52.0 Å². The fourth-order valence-electron chi connectivity index (χ4n) is 3.07. The molecule has 0 saturated carbocycles. The minimum absolute atomic E-state index is 0.391. The van der Waals surface area contributed by atoms with Gasteiger partial charge < -0.3 is 19.5 Å². The minimum atomic E-state index is 0.391. The molecule has 1 saturated heterocycles. The largest absolute Gasteiger partial charge is 0.493 e. The van der Waals surface area contributed by atoms with Crippen molar-refractivity contribution in [3.63, 3.8) is 0 Å². The standard InChI is InChI=1S/C15H22N2O3/c1-18-14-7-11-9-16-10-13(12(11)8-15(14)19-2)17-3-5-20-6-4-17/h7-8,13,16H,3-6,9-10H2,1-2H3/t13-/m0/s1. The number of nitrogens with one attached hydrogen (secondary N) is 1. The second kappa shape index (κ2) is 5.99. The van der Waals surface area contributed by atoms with E-state index in [9.17, 15) is 0 Å². The van der Waals surface area contributed by atoms with Crippen LogP contribution in [0.2, 0.25) is 0 Å². The monoisotopic (exact) mass is 278 g/mol. The molecule has 3 rings (SSSR count). The third kappa shape index (κ3) is 2.49. The first-order chi connectivity index (χ1) is 9.83. The average molecular weight is 278 g/mol. The molecular weight excluding hydrogens is 256 g/mol. The summed E-state index contributed by atoms with van der Waals surface area (Å²) in [4.78, 5) is 2.49. The molecule has 5 heteroatoms. The predicted octanol–water partition coefficient (Wildman–Crippen LogP) is 1.18. The van der Waals surface area contributed by atoms with Crippen LogP contribution in [0.1, 0.15) is 17.2 Å². The zero-order valence-corrected chi connectivity index (χ0v) is 12.1. The van der Waals surface area contributed by atoms with Crippen molar-refractivity contribution >= 4 is 0 Å². The first-order valence-electron chi connectivity index (χ1n) is 7.11. The van der Waals surface area contributed by atoms with Gasteiger partial charge in [-0.15, -0.1) is 0 Å². The Morgan fingerprint density at radius 3 is 2.55 bits per heavy atom. The van der Waals surface area contributed by atoms with Crippen LogP contribution in [0.5, 0.6) is 11.5 Å². The topological polar surface area (TPSA) is 43.0 Å². The molecule has 0 radical (unpaired) electrons. The van der Waals surface area contributed by atoms with Crippen molar-refractivity contribution in [2.75, 3.05) is 47.1 Å². The summed E-state index contributed by atoms with van der Waals surface area (Å²) >= 11 is 0. The van der Waals surface area contributed by atoms with Crippen LogP contribution in [0, 0.1) is 0 Å². The summed E-state index contributed by atoms with van der Waals surface area (Å²) in [7, 11) is 3.37. The van der Waals surface area contributed by atoms with Gasteiger partial charge >= 0.3 is 0 Å². The highest BCUT2D eigenvalue weighted by molar-refractivity contribution is 5.49. The van der Waals surface area contributed by atoms with Crippen LogP contribution < -0.4 is 14.8 Å². The molecule has 110 valence electrons. The van der Waals surface area contributed by atoms with Gasteiger partial charge in [0, 0.05) is 32.2 Å². The number of morpholine rings is 1. The van der Waals surface area contributed by atoms with E-state index >= 15 is 0 Å². The summed E-state index contributed by atoms with van der Waals surface area (Å²) in [6.45, 7) is 5.47. The van der Waals surface area contributed by atoms with Crippen LogP contribution in [0.15, 0.2) is 12.1 Å². The molecule has 0 bridgehead atoms. The number of fused-ring (bicyclic) bond motifs is 1. The number of ether oxygens (including phenoxy) is 3. The van der Waals surface area contributed by atoms with Gasteiger partial charge in [0.1, 0.15) is 0 Å². The van der Waals surface area contributed by atoms with Crippen LogP contribution >= 0.6 is 0 Å². The maximum absolute atomic E-state index is 5.45. The van der Waals surface area contributed by atoms with Gasteiger partial charge in [-0.2, -0.15) is 0 Å². The fourth-order valence-corrected chi connectivity index (χ4v) is 3.07. The summed E-state index contributed by atoms with van der Waals surface area (Å²) in [6, 6.07) is 4.62. The number of hydrogen-bond donors (Lipinski definition) is 1. The first kappa shape index (κ1) is 13.7. The fraction of sp³-hybridized carbons (Fsp3) is 0.600. The number of methoxy groups -OCH3 is 2. The van der Waals surface area contributed by atoms with Crippen LogP contribution in [0.25, 0.3) is 0 Å². The van der Waals surface area contributed by atoms with Gasteiger partial charge in [-0.1, -0.05) is 0 Å². The summed E-state index contributed by atoms with van der Waals surface area (Å²) in [6.07, 6.45) is 0. The van der Waals surface area contributed by atoms with Crippen molar-refractivity contribution in [3.8, 4) is 11.5 Å². The molecule has 1 fully saturated rings. The first-order valence-corrected chi connectivity index (χ1v) is 7.11. The van der Waals surface area contributed by atoms with Crippen LogP contribution in [0.3, 0.4) is 0 Å². The molecule has 1 atom stereocenters. The van der Waals surface area contributed by atoms with E-state index in [2.05, 4.69) is 22.3 Å². The van der Waals surface area contributed by atoms with E-state index in [1.54, 1.807) is 14.2 Å². The van der Waals surface area contributed by atoms with Crippen LogP contribution in [0.4, 0.5) is 0 Å². The van der Waals surface area contributed by atoms with Gasteiger partial charge in [0.05, 0.1) is 27.4 Å². The van der Waals surface area contributed by atoms with E-state index in [1.807, 2.05) is 0 Å². The molecule has 0 unspecified atom stereocenters. The molecule has 0 spiro atoms. The maximum Gasteiger partial charge on any atom is 0.161 e. The number of hydrogen-bond acceptors (Lipinski definition) is 5. The van der Waals surface area contributed by atoms with Gasteiger partial charge in [0.25, 0.3) is 0 Å². The second-order valence-corrected chi connectivity index (χ2v) is 5.20. The lowest BCUT2D eigenvalue weighted by atomic mass is 9.94. The molecule has 2 aliphatic heterocycles. The molecule has 1 N–H and O–H groups in total. The van der Waals surface area contributed by atoms with Gasteiger partial charge in [0.15, 0.2) is 11.5 Å². The lowest BCUT2D eigenvalue weighted by Crippen LogP contribution is -2.45. The molecule has 0 amide bonds. The third-order valence-corrected chi connectivity index (χ3v) is 4.14. The SMILES string of the molecule is COc1cc2c(cc1OC)[C@@H](N1CCOCC1)CNC2. The zero-order valence-electron chi connectivity index (χ0n) is 12.1. The van der Waals surface area contributed by atoms with E-state index in [0.29, 0.717) is 6.04 Å². The predicted molar refractivity (Wildman–Crippen MR) is 76.4 cm³/mol. The van der Waals surface area contributed by atoms with Crippen molar-refractivity contribution in [2.24, 2.45) is 0 Å². The molecule has 0 aromatic heterocycles. The Morgan fingerprint density at radius 1 is 1.15 bits per heavy atom. The Balaban J connectivity index is 1.94. The molecular formula is C15H22N2O3. The van der Waals surface area contributed by atoms with E-state index in [-0.39, 0.29) is 0 Å². The Hall–Kier alpha value is -1.30. The van der Waals surface area contributed by atoms with Gasteiger partial charge in [0.2, 0.25) is 0 Å². The van der Waals surface area contributed by atoms with E-state index in [4.69, 9.17) is 14.2 Å². The molecule has 20 heavy (non-hydrogen) atoms. The smallest absolute Gasteiger partial charge is 0.161 e. The van der Waals surface area contributed by atoms with E-state index in [1.165, 1.54) is 11.1 Å². The highest BCUT2D eigenvalue weighted by Gasteiger charge is 2.28. The van der Waals surface area contributed by atoms with Gasteiger partial charge in [-0.05, 0) is 23.3 Å². The Bertz CT molecular complexity index is 472. The summed E-state index contributed by atoms with van der Waals surface area (Å²) in [5, 5.41) is 3.50. The maximum atomic E-state index is 5.45. The lowest BCUT2D eigenvalue weighted by Gasteiger charge is -2.38. The Kier molecular flexibility index (Phi) is 4.10. The average Bonchev–Trinajstić information content (AvgIpc) is 2.53. The Labute approximate surface area is 119 Å². The molecule has 2 aliphatic rings. The minimum Gasteiger partial charge on any atom is -0.493 e. The molecule has 2 heterocycles. The molecule has 5 nitrogen and oxygen atoms in total. The molecule has 0 aliphatic carbocycles. The lowest BCUT2D eigenvalue weighted by molar-refractivity contribution is 0.0145. The van der Waals surface area contributed by atoms with Crippen molar-refractivity contribution < 1.29 is 14.2 Å². The summed E-state index contributed by atoms with van der Waals surface area (Å²) < 4.78 is 16.3. The van der Waals surface area contributed by atoms with Crippen LogP contribution in [-0.2, 0) is 11.3 Å². The van der Waals surface area contributed by atoms with Crippen molar-refractivity contribution in [2.45, 2.75) is 12.6 Å². The second-order valence-electron chi connectivity index (χ2n) is 5.20. The van der Waals surface area contributed by atoms with Crippen molar-refractivity contribution in [3.05, 3.63) is 23.3 Å². The highest BCUT2D eigenvalue weighted by atomic mass is 16.5. The quantitative estimate of drug-likeness (QED) is 0.899. The van der Waals surface area contributed by atoms with E-state index < -0.39 is 0 Å². The third-order valence-electron chi connectivity index (χ3n) is 4.14. The highest BCUT2D eigenvalue weighted by Crippen LogP contribution is 2.36. The van der Waals surface area contributed by atoms with Gasteiger partial charge in [-0.3, -0.25) is 4.90 Å². The summed E-state index contributed by atoms with van der Waals surface area (Å²) in [5.74, 6) is 1.61. The van der Waals surface area contributed by atoms with Gasteiger partial charge in [-0.25, -0.2) is 0 Å². The van der Waals surface area contributed by atoms with E-state index in [0.717, 1.165) is 50.9 Å². The Morgan fingerprint density at radius 2 is 1.85 bits per heavy atom. The number of benzene rings is 1. The summed E-state index contributed by atoms with van der Waals surface area (Å²) in [5.41, 5.74) is 2.65. The number of rotatable bonds is 3. The van der Waals surface area contributed by atoms with Crippen molar-refractivity contribution in [1.82, 2.24) is 10.2 Å². The number of nitrogens with zero attached hydrogens (tertiary/aromatic N) is 1. The zero-order chi connectivity index (χ0) is 13.9. The molecule has 1 aromatic carbocycles.